The number of ether oxygens (including phenoxy) is 1. The minimum absolute atomic E-state index is 0.119. The second kappa shape index (κ2) is 5.69. The Morgan fingerprint density at radius 3 is 2.77 bits per heavy atom. The normalized spacial score (nSPS) is 10.8. The highest BCUT2D eigenvalue weighted by molar-refractivity contribution is 7.17. The van der Waals surface area contributed by atoms with Crippen LogP contribution in [0, 0.1) is 5.82 Å². The van der Waals surface area contributed by atoms with Crippen molar-refractivity contribution in [2.45, 2.75) is 6.92 Å². The summed E-state index contributed by atoms with van der Waals surface area (Å²) in [4.78, 5) is 30.9. The van der Waals surface area contributed by atoms with Crippen molar-refractivity contribution in [2.75, 3.05) is 6.61 Å². The van der Waals surface area contributed by atoms with Gasteiger partial charge in [-0.1, -0.05) is 12.1 Å². The molecule has 0 atom stereocenters. The molecule has 0 spiro atoms. The van der Waals surface area contributed by atoms with E-state index in [1.165, 1.54) is 23.5 Å². The van der Waals surface area contributed by atoms with Gasteiger partial charge in [0.05, 0.1) is 12.0 Å². The lowest BCUT2D eigenvalue weighted by atomic mass is 10.1. The van der Waals surface area contributed by atoms with Gasteiger partial charge in [0, 0.05) is 10.9 Å². The van der Waals surface area contributed by atoms with Crippen molar-refractivity contribution >= 4 is 27.5 Å². The quantitative estimate of drug-likeness (QED) is 0.754. The summed E-state index contributed by atoms with van der Waals surface area (Å²) in [5.41, 5.74) is 0.946. The van der Waals surface area contributed by atoms with Crippen molar-refractivity contribution < 1.29 is 13.9 Å². The fraction of sp³-hybridized carbons (Fsp3) is 0.133. The van der Waals surface area contributed by atoms with Gasteiger partial charge in [-0.25, -0.2) is 14.2 Å². The van der Waals surface area contributed by atoms with E-state index in [0.29, 0.717) is 21.3 Å². The SMILES string of the molecule is CCOC(=O)c1nc2scc(-c3ccc(F)cc3)c2c(=O)[nH]1. The first kappa shape index (κ1) is 14.4. The number of nitrogens with zero attached hydrogens (tertiary/aromatic N) is 1. The summed E-state index contributed by atoms with van der Waals surface area (Å²) >= 11 is 1.24. The number of esters is 1. The zero-order valence-corrected chi connectivity index (χ0v) is 12.4. The Labute approximate surface area is 128 Å². The minimum atomic E-state index is -0.668. The number of nitrogens with one attached hydrogen (secondary N) is 1. The average molecular weight is 318 g/mol. The molecule has 0 saturated carbocycles. The molecular weight excluding hydrogens is 307 g/mol. The van der Waals surface area contributed by atoms with Crippen LogP contribution in [0.1, 0.15) is 17.5 Å². The summed E-state index contributed by atoms with van der Waals surface area (Å²) < 4.78 is 17.8. The molecule has 0 fully saturated rings. The van der Waals surface area contributed by atoms with Crippen LogP contribution in [-0.2, 0) is 4.74 Å². The van der Waals surface area contributed by atoms with Gasteiger partial charge < -0.3 is 9.72 Å². The van der Waals surface area contributed by atoms with E-state index < -0.39 is 11.5 Å². The summed E-state index contributed by atoms with van der Waals surface area (Å²) in [5, 5.41) is 2.14. The number of carbonyl (C=O) groups excluding carboxylic acids is 1. The van der Waals surface area contributed by atoms with Crippen molar-refractivity contribution in [3.05, 3.63) is 51.6 Å². The first-order valence-corrected chi connectivity index (χ1v) is 7.42. The molecule has 2 heterocycles. The molecule has 112 valence electrons. The van der Waals surface area contributed by atoms with E-state index in [4.69, 9.17) is 4.74 Å². The van der Waals surface area contributed by atoms with Crippen LogP contribution in [0.2, 0.25) is 0 Å². The number of carbonyl (C=O) groups is 1. The Hall–Kier alpha value is -2.54. The van der Waals surface area contributed by atoms with Gasteiger partial charge in [-0.15, -0.1) is 11.3 Å². The third-order valence-corrected chi connectivity index (χ3v) is 3.94. The van der Waals surface area contributed by atoms with E-state index in [1.807, 2.05) is 0 Å². The van der Waals surface area contributed by atoms with Gasteiger partial charge in [-0.05, 0) is 24.6 Å². The van der Waals surface area contributed by atoms with Crippen LogP contribution in [0.15, 0.2) is 34.4 Å². The number of aromatic amines is 1. The van der Waals surface area contributed by atoms with Gasteiger partial charge in [0.15, 0.2) is 0 Å². The topological polar surface area (TPSA) is 72.0 Å². The van der Waals surface area contributed by atoms with Gasteiger partial charge in [0.1, 0.15) is 10.6 Å². The molecular formula is C15H11FN2O3S. The molecule has 0 aliphatic heterocycles. The largest absolute Gasteiger partial charge is 0.460 e. The van der Waals surface area contributed by atoms with Crippen molar-refractivity contribution in [1.29, 1.82) is 0 Å². The Morgan fingerprint density at radius 2 is 2.09 bits per heavy atom. The van der Waals surface area contributed by atoms with Crippen LogP contribution in [0.4, 0.5) is 4.39 Å². The number of rotatable bonds is 3. The molecule has 2 aromatic heterocycles. The van der Waals surface area contributed by atoms with E-state index in [2.05, 4.69) is 9.97 Å². The Kier molecular flexibility index (Phi) is 3.72. The van der Waals surface area contributed by atoms with Gasteiger partial charge in [-0.3, -0.25) is 4.79 Å². The molecule has 7 heteroatoms. The van der Waals surface area contributed by atoms with Crippen molar-refractivity contribution in [2.24, 2.45) is 0 Å². The predicted molar refractivity (Wildman–Crippen MR) is 81.6 cm³/mol. The fourth-order valence-corrected chi connectivity index (χ4v) is 3.03. The number of hydrogen-bond acceptors (Lipinski definition) is 5. The lowest BCUT2D eigenvalue weighted by Gasteiger charge is -2.02. The van der Waals surface area contributed by atoms with Crippen LogP contribution in [0.25, 0.3) is 21.3 Å². The number of fused-ring (bicyclic) bond motifs is 1. The van der Waals surface area contributed by atoms with E-state index in [1.54, 1.807) is 24.4 Å². The van der Waals surface area contributed by atoms with Crippen LogP contribution in [0.3, 0.4) is 0 Å². The minimum Gasteiger partial charge on any atom is -0.460 e. The number of aromatic nitrogens is 2. The number of H-pyrrole nitrogens is 1. The average Bonchev–Trinajstić information content (AvgIpc) is 2.93. The maximum Gasteiger partial charge on any atom is 0.374 e. The van der Waals surface area contributed by atoms with E-state index >= 15 is 0 Å². The molecule has 0 saturated heterocycles. The monoisotopic (exact) mass is 318 g/mol. The summed E-state index contributed by atoms with van der Waals surface area (Å²) in [5.74, 6) is -1.13. The Bertz CT molecular complexity index is 899. The summed E-state index contributed by atoms with van der Waals surface area (Å²) in [7, 11) is 0. The van der Waals surface area contributed by atoms with Gasteiger partial charge in [-0.2, -0.15) is 0 Å². The van der Waals surface area contributed by atoms with Crippen molar-refractivity contribution in [3.63, 3.8) is 0 Å². The standard InChI is InChI=1S/C15H11FN2O3S/c1-2-21-15(20)12-17-13(19)11-10(7-22-14(11)18-12)8-3-5-9(16)6-4-8/h3-7H,2H2,1H3,(H,17,18,19). The van der Waals surface area contributed by atoms with Gasteiger partial charge >= 0.3 is 5.97 Å². The molecule has 0 amide bonds. The molecule has 0 radical (unpaired) electrons. The second-order valence-corrected chi connectivity index (χ2v) is 5.33. The highest BCUT2D eigenvalue weighted by Crippen LogP contribution is 2.30. The summed E-state index contributed by atoms with van der Waals surface area (Å²) in [6.07, 6.45) is 0. The summed E-state index contributed by atoms with van der Waals surface area (Å²) in [6, 6.07) is 5.84. The fourth-order valence-electron chi connectivity index (χ4n) is 2.09. The van der Waals surface area contributed by atoms with E-state index in [0.717, 1.165) is 0 Å². The maximum absolute atomic E-state index is 13.0. The number of hydrogen-bond donors (Lipinski definition) is 1. The highest BCUT2D eigenvalue weighted by atomic mass is 32.1. The lowest BCUT2D eigenvalue weighted by molar-refractivity contribution is 0.0512. The van der Waals surface area contributed by atoms with Crippen LogP contribution < -0.4 is 5.56 Å². The molecule has 0 bridgehead atoms. The van der Waals surface area contributed by atoms with Crippen LogP contribution in [-0.4, -0.2) is 22.5 Å². The van der Waals surface area contributed by atoms with E-state index in [9.17, 15) is 14.0 Å². The molecule has 3 aromatic rings. The number of halogens is 1. The lowest BCUT2D eigenvalue weighted by Crippen LogP contribution is -2.17. The highest BCUT2D eigenvalue weighted by Gasteiger charge is 2.16. The predicted octanol–water partition coefficient (Wildman–Crippen LogP) is 2.97. The number of thiophene rings is 1. The zero-order chi connectivity index (χ0) is 15.7. The van der Waals surface area contributed by atoms with E-state index in [-0.39, 0.29) is 18.2 Å². The van der Waals surface area contributed by atoms with Crippen LogP contribution >= 0.6 is 11.3 Å². The van der Waals surface area contributed by atoms with Crippen LogP contribution in [0.5, 0.6) is 0 Å². The first-order valence-electron chi connectivity index (χ1n) is 6.54. The summed E-state index contributed by atoms with van der Waals surface area (Å²) in [6.45, 7) is 1.87. The molecule has 1 N–H and O–H groups in total. The molecule has 22 heavy (non-hydrogen) atoms. The molecule has 3 rings (SSSR count). The first-order chi connectivity index (χ1) is 10.6. The Balaban J connectivity index is 2.14. The molecule has 0 unspecified atom stereocenters. The second-order valence-electron chi connectivity index (χ2n) is 4.47. The molecule has 5 nitrogen and oxygen atoms in total. The number of benzene rings is 1. The van der Waals surface area contributed by atoms with Crippen molar-refractivity contribution in [1.82, 2.24) is 9.97 Å². The molecule has 0 aliphatic rings. The zero-order valence-electron chi connectivity index (χ0n) is 11.6. The Morgan fingerprint density at radius 1 is 1.36 bits per heavy atom. The van der Waals surface area contributed by atoms with Gasteiger partial charge in [0.2, 0.25) is 5.82 Å². The smallest absolute Gasteiger partial charge is 0.374 e. The third-order valence-electron chi connectivity index (χ3n) is 3.07. The molecule has 1 aromatic carbocycles. The molecule has 0 aliphatic carbocycles. The maximum atomic E-state index is 13.0. The third kappa shape index (κ3) is 2.50. The van der Waals surface area contributed by atoms with Crippen molar-refractivity contribution in [3.8, 4) is 11.1 Å². The van der Waals surface area contributed by atoms with Gasteiger partial charge in [0.25, 0.3) is 5.56 Å².